The Balaban J connectivity index is 2.00. The summed E-state index contributed by atoms with van der Waals surface area (Å²) in [6.45, 7) is 1.28. The summed E-state index contributed by atoms with van der Waals surface area (Å²) >= 11 is 3.50. The molecule has 0 amide bonds. The molecule has 0 aliphatic carbocycles. The largest absolute Gasteiger partial charge is 0.343 e. The standard InChI is InChI=1S/C16H15BrO2/c17-12-16(18-9-10-19-16)15-8-4-7-14(11-15)13-5-2-1-3-6-13/h1-8,11H,9-10,12H2. The van der Waals surface area contributed by atoms with Crippen LogP contribution >= 0.6 is 15.9 Å². The Hall–Kier alpha value is -1.16. The van der Waals surface area contributed by atoms with Crippen LogP contribution in [0.4, 0.5) is 0 Å². The van der Waals surface area contributed by atoms with Crippen molar-refractivity contribution in [1.29, 1.82) is 0 Å². The average Bonchev–Trinajstić information content (AvgIpc) is 2.98. The molecule has 98 valence electrons. The first kappa shape index (κ1) is 12.9. The van der Waals surface area contributed by atoms with Crippen LogP contribution in [0.5, 0.6) is 0 Å². The number of ether oxygens (including phenoxy) is 2. The lowest BCUT2D eigenvalue weighted by atomic mass is 9.99. The van der Waals surface area contributed by atoms with Gasteiger partial charge in [0, 0.05) is 5.56 Å². The highest BCUT2D eigenvalue weighted by Crippen LogP contribution is 2.35. The van der Waals surface area contributed by atoms with Gasteiger partial charge in [0.2, 0.25) is 5.79 Å². The summed E-state index contributed by atoms with van der Waals surface area (Å²) in [7, 11) is 0. The van der Waals surface area contributed by atoms with Crippen molar-refractivity contribution in [3.8, 4) is 11.1 Å². The zero-order valence-electron chi connectivity index (χ0n) is 10.5. The first-order chi connectivity index (χ1) is 9.34. The molecule has 2 aromatic carbocycles. The van der Waals surface area contributed by atoms with Gasteiger partial charge in [0.05, 0.1) is 18.5 Å². The summed E-state index contributed by atoms with van der Waals surface area (Å²) < 4.78 is 11.6. The van der Waals surface area contributed by atoms with Crippen molar-refractivity contribution >= 4 is 15.9 Å². The summed E-state index contributed by atoms with van der Waals surface area (Å²) in [4.78, 5) is 0. The maximum atomic E-state index is 5.80. The van der Waals surface area contributed by atoms with Crippen molar-refractivity contribution < 1.29 is 9.47 Å². The molecule has 1 fully saturated rings. The van der Waals surface area contributed by atoms with Crippen LogP contribution in [0.2, 0.25) is 0 Å². The maximum absolute atomic E-state index is 5.80. The van der Waals surface area contributed by atoms with Crippen LogP contribution in [-0.2, 0) is 15.3 Å². The maximum Gasteiger partial charge on any atom is 0.204 e. The molecule has 0 atom stereocenters. The highest BCUT2D eigenvalue weighted by atomic mass is 79.9. The lowest BCUT2D eigenvalue weighted by Crippen LogP contribution is -2.28. The van der Waals surface area contributed by atoms with Crippen molar-refractivity contribution in [3.63, 3.8) is 0 Å². The summed E-state index contributed by atoms with van der Waals surface area (Å²) in [5.41, 5.74) is 3.44. The molecule has 1 aliphatic rings. The number of hydrogen-bond acceptors (Lipinski definition) is 2. The summed E-state index contributed by atoms with van der Waals surface area (Å²) in [5, 5.41) is 0.637. The van der Waals surface area contributed by atoms with E-state index in [2.05, 4.69) is 46.3 Å². The number of rotatable bonds is 3. The van der Waals surface area contributed by atoms with Gasteiger partial charge in [-0.25, -0.2) is 0 Å². The number of alkyl halides is 1. The van der Waals surface area contributed by atoms with E-state index in [4.69, 9.17) is 9.47 Å². The molecule has 2 aromatic rings. The molecule has 1 aliphatic heterocycles. The van der Waals surface area contributed by atoms with Crippen LogP contribution in [0.1, 0.15) is 5.56 Å². The SMILES string of the molecule is BrCC1(c2cccc(-c3ccccc3)c2)OCCO1. The van der Waals surface area contributed by atoms with Gasteiger partial charge in [-0.3, -0.25) is 0 Å². The fourth-order valence-electron chi connectivity index (χ4n) is 2.34. The molecule has 0 N–H and O–H groups in total. The Kier molecular flexibility index (Phi) is 3.69. The van der Waals surface area contributed by atoms with Crippen LogP contribution in [0.15, 0.2) is 54.6 Å². The van der Waals surface area contributed by atoms with Crippen LogP contribution in [0.25, 0.3) is 11.1 Å². The lowest BCUT2D eigenvalue weighted by molar-refractivity contribution is -0.144. The van der Waals surface area contributed by atoms with E-state index in [0.29, 0.717) is 18.5 Å². The van der Waals surface area contributed by atoms with Crippen molar-refractivity contribution in [2.24, 2.45) is 0 Å². The van der Waals surface area contributed by atoms with E-state index in [0.717, 1.165) is 5.56 Å². The van der Waals surface area contributed by atoms with E-state index < -0.39 is 5.79 Å². The quantitative estimate of drug-likeness (QED) is 0.798. The van der Waals surface area contributed by atoms with E-state index in [1.54, 1.807) is 0 Å². The van der Waals surface area contributed by atoms with Gasteiger partial charge < -0.3 is 9.47 Å². The Morgan fingerprint density at radius 2 is 1.58 bits per heavy atom. The molecular weight excluding hydrogens is 304 g/mol. The molecule has 19 heavy (non-hydrogen) atoms. The van der Waals surface area contributed by atoms with Crippen molar-refractivity contribution in [1.82, 2.24) is 0 Å². The zero-order chi connectivity index (χ0) is 13.1. The van der Waals surface area contributed by atoms with Gasteiger partial charge in [-0.1, -0.05) is 64.5 Å². The first-order valence-electron chi connectivity index (χ1n) is 6.34. The minimum atomic E-state index is -0.634. The molecule has 0 aromatic heterocycles. The zero-order valence-corrected chi connectivity index (χ0v) is 12.1. The van der Waals surface area contributed by atoms with E-state index in [9.17, 15) is 0 Å². The van der Waals surface area contributed by atoms with Crippen LogP contribution < -0.4 is 0 Å². The second-order valence-electron chi connectivity index (χ2n) is 4.53. The Morgan fingerprint density at radius 1 is 0.895 bits per heavy atom. The highest BCUT2D eigenvalue weighted by Gasteiger charge is 2.37. The average molecular weight is 319 g/mol. The van der Waals surface area contributed by atoms with Crippen LogP contribution in [-0.4, -0.2) is 18.5 Å². The second-order valence-corrected chi connectivity index (χ2v) is 5.09. The molecule has 3 heteroatoms. The van der Waals surface area contributed by atoms with E-state index >= 15 is 0 Å². The fraction of sp³-hybridized carbons (Fsp3) is 0.250. The monoisotopic (exact) mass is 318 g/mol. The normalized spacial score (nSPS) is 17.5. The van der Waals surface area contributed by atoms with Crippen LogP contribution in [0, 0.1) is 0 Å². The van der Waals surface area contributed by atoms with Crippen molar-refractivity contribution in [3.05, 3.63) is 60.2 Å². The minimum absolute atomic E-state index is 0.634. The van der Waals surface area contributed by atoms with Gasteiger partial charge >= 0.3 is 0 Å². The van der Waals surface area contributed by atoms with Crippen molar-refractivity contribution in [2.45, 2.75) is 5.79 Å². The molecule has 0 bridgehead atoms. The minimum Gasteiger partial charge on any atom is -0.343 e. The lowest BCUT2D eigenvalue weighted by Gasteiger charge is -2.25. The molecule has 0 saturated carbocycles. The Bertz CT molecular complexity index is 548. The van der Waals surface area contributed by atoms with Crippen LogP contribution in [0.3, 0.4) is 0 Å². The number of halogens is 1. The van der Waals surface area contributed by atoms with Gasteiger partial charge in [-0.15, -0.1) is 0 Å². The molecule has 1 saturated heterocycles. The highest BCUT2D eigenvalue weighted by molar-refractivity contribution is 9.09. The third-order valence-electron chi connectivity index (χ3n) is 3.34. The fourth-order valence-corrected chi connectivity index (χ4v) is 2.99. The Labute approximate surface area is 121 Å². The third-order valence-corrected chi connectivity index (χ3v) is 4.08. The van der Waals surface area contributed by atoms with E-state index in [-0.39, 0.29) is 0 Å². The van der Waals surface area contributed by atoms with Gasteiger partial charge in [0.15, 0.2) is 0 Å². The topological polar surface area (TPSA) is 18.5 Å². The van der Waals surface area contributed by atoms with Crippen molar-refractivity contribution in [2.75, 3.05) is 18.5 Å². The second kappa shape index (κ2) is 5.45. The number of benzene rings is 2. The first-order valence-corrected chi connectivity index (χ1v) is 7.46. The third kappa shape index (κ3) is 2.46. The molecule has 3 rings (SSSR count). The smallest absolute Gasteiger partial charge is 0.204 e. The molecule has 0 unspecified atom stereocenters. The van der Waals surface area contributed by atoms with Gasteiger partial charge in [0.25, 0.3) is 0 Å². The van der Waals surface area contributed by atoms with E-state index in [1.165, 1.54) is 11.1 Å². The van der Waals surface area contributed by atoms with Gasteiger partial charge in [-0.2, -0.15) is 0 Å². The molecule has 2 nitrogen and oxygen atoms in total. The summed E-state index contributed by atoms with van der Waals surface area (Å²) in [6, 6.07) is 18.7. The molecule has 0 spiro atoms. The summed E-state index contributed by atoms with van der Waals surface area (Å²) in [6.07, 6.45) is 0. The predicted molar refractivity (Wildman–Crippen MR) is 79.3 cm³/mol. The van der Waals surface area contributed by atoms with E-state index in [1.807, 2.05) is 24.3 Å². The molecule has 0 radical (unpaired) electrons. The molecule has 1 heterocycles. The number of hydrogen-bond donors (Lipinski definition) is 0. The van der Waals surface area contributed by atoms with Gasteiger partial charge in [-0.05, 0) is 17.2 Å². The summed E-state index contributed by atoms with van der Waals surface area (Å²) in [5.74, 6) is -0.634. The Morgan fingerprint density at radius 3 is 2.26 bits per heavy atom. The van der Waals surface area contributed by atoms with Gasteiger partial charge in [0.1, 0.15) is 0 Å². The molecular formula is C16H15BrO2. The predicted octanol–water partition coefficient (Wildman–Crippen LogP) is 3.95.